The maximum atomic E-state index is 13.5. The predicted molar refractivity (Wildman–Crippen MR) is 220 cm³/mol. The Morgan fingerprint density at radius 3 is 1.53 bits per heavy atom. The lowest BCUT2D eigenvalue weighted by atomic mass is 9.54. The van der Waals surface area contributed by atoms with Crippen LogP contribution in [0.1, 0.15) is 105 Å². The molecule has 12 heteroatoms. The van der Waals surface area contributed by atoms with Crippen LogP contribution in [-0.4, -0.2) is 74.3 Å². The highest BCUT2D eigenvalue weighted by atomic mass is 19.1. The smallest absolute Gasteiger partial charge is 0.333 e. The number of benzene rings is 3. The van der Waals surface area contributed by atoms with Gasteiger partial charge in [0, 0.05) is 24.2 Å². The molecule has 0 heterocycles. The summed E-state index contributed by atoms with van der Waals surface area (Å²) in [6, 6.07) is 24.9. The third-order valence-corrected chi connectivity index (χ3v) is 12.7. The zero-order valence-corrected chi connectivity index (χ0v) is 34.4. The van der Waals surface area contributed by atoms with E-state index in [1.54, 1.807) is 17.0 Å². The fraction of sp³-hybridized carbons (Fsp3) is 0.532. The molecule has 7 fully saturated rings. The van der Waals surface area contributed by atoms with E-state index in [1.165, 1.54) is 65.6 Å². The number of halogens is 1. The van der Waals surface area contributed by atoms with Crippen LogP contribution in [0.25, 0.3) is 0 Å². The molecule has 3 aromatic rings. The molecule has 11 nitrogen and oxygen atoms in total. The zero-order chi connectivity index (χ0) is 41.5. The highest BCUT2D eigenvalue weighted by Gasteiger charge is 2.50. The molecule has 3 atom stereocenters. The fourth-order valence-corrected chi connectivity index (χ4v) is 9.52. The second-order valence-corrected chi connectivity index (χ2v) is 17.1. The van der Waals surface area contributed by atoms with E-state index in [0.29, 0.717) is 29.5 Å². The quantitative estimate of drug-likeness (QED) is 0.120. The van der Waals surface area contributed by atoms with E-state index in [1.807, 2.05) is 60.7 Å². The summed E-state index contributed by atoms with van der Waals surface area (Å²) in [5.74, 6) is 1.70. The molecule has 0 aliphatic heterocycles. The van der Waals surface area contributed by atoms with Crippen LogP contribution >= 0.6 is 0 Å². The summed E-state index contributed by atoms with van der Waals surface area (Å²) in [6.07, 6.45) is 12.8. The number of urea groups is 1. The molecule has 3 N–H and O–H groups in total. The minimum absolute atomic E-state index is 0.0840. The van der Waals surface area contributed by atoms with Crippen molar-refractivity contribution in [2.75, 3.05) is 21.3 Å². The number of carbonyl (C=O) groups excluding carboxylic acids is 4. The van der Waals surface area contributed by atoms with Gasteiger partial charge in [0.15, 0.2) is 6.04 Å². The Kier molecular flexibility index (Phi) is 14.0. The van der Waals surface area contributed by atoms with Gasteiger partial charge in [-0.3, -0.25) is 10.6 Å². The van der Waals surface area contributed by atoms with Crippen LogP contribution in [0, 0.1) is 29.5 Å². The summed E-state index contributed by atoms with van der Waals surface area (Å²) in [7, 11) is 4.16. The van der Waals surface area contributed by atoms with E-state index in [-0.39, 0.29) is 47.9 Å². The van der Waals surface area contributed by atoms with Crippen molar-refractivity contribution in [3.05, 3.63) is 107 Å². The molecule has 316 valence electrons. The lowest BCUT2D eigenvalue weighted by Crippen LogP contribution is -2.59. The van der Waals surface area contributed by atoms with Gasteiger partial charge in [-0.25, -0.2) is 23.6 Å². The van der Waals surface area contributed by atoms with Gasteiger partial charge in [-0.05, 0) is 123 Å². The largest absolute Gasteiger partial charge is 0.468 e. The molecule has 0 radical (unpaired) electrons. The first kappa shape index (κ1) is 42.3. The van der Waals surface area contributed by atoms with E-state index in [4.69, 9.17) is 14.2 Å². The van der Waals surface area contributed by atoms with Crippen LogP contribution < -0.4 is 16.0 Å². The summed E-state index contributed by atoms with van der Waals surface area (Å²) >= 11 is 0. The molecule has 0 spiro atoms. The molecule has 2 amide bonds. The molecule has 7 aliphatic rings. The van der Waals surface area contributed by atoms with Crippen LogP contribution in [0.3, 0.4) is 0 Å². The van der Waals surface area contributed by atoms with Crippen molar-refractivity contribution in [3.63, 3.8) is 0 Å². The second kappa shape index (κ2) is 19.5. The summed E-state index contributed by atoms with van der Waals surface area (Å²) in [5.41, 5.74) is 2.40. The minimum Gasteiger partial charge on any atom is -0.468 e. The Hall–Kier alpha value is -4.81. The molecule has 3 aromatic carbocycles. The van der Waals surface area contributed by atoms with E-state index < -0.39 is 12.1 Å². The molecular formula is C47H59FN4O7. The van der Waals surface area contributed by atoms with E-state index in [9.17, 15) is 23.6 Å². The number of hydrogen-bond acceptors (Lipinski definition) is 9. The molecular weight excluding hydrogens is 752 g/mol. The summed E-state index contributed by atoms with van der Waals surface area (Å²) < 4.78 is 27.7. The fourth-order valence-electron chi connectivity index (χ4n) is 9.52. The Morgan fingerprint density at radius 2 is 1.07 bits per heavy atom. The van der Waals surface area contributed by atoms with E-state index in [2.05, 4.69) is 16.0 Å². The van der Waals surface area contributed by atoms with Crippen LogP contribution in [0.2, 0.25) is 0 Å². The minimum atomic E-state index is -0.671. The number of nitrogens with zero attached hydrogens (tertiary/aromatic N) is 1. The Labute approximate surface area is 347 Å². The first-order valence-electron chi connectivity index (χ1n) is 21.3. The van der Waals surface area contributed by atoms with E-state index in [0.717, 1.165) is 61.5 Å². The maximum Gasteiger partial charge on any atom is 0.333 e. The molecule has 7 saturated carbocycles. The number of nitrogens with one attached hydrogen (secondary N) is 3. The van der Waals surface area contributed by atoms with Crippen LogP contribution in [0.4, 0.5) is 9.18 Å². The van der Waals surface area contributed by atoms with Crippen molar-refractivity contribution in [1.82, 2.24) is 20.9 Å². The normalized spacial score (nSPS) is 25.1. The second-order valence-electron chi connectivity index (χ2n) is 17.1. The molecule has 59 heavy (non-hydrogen) atoms. The number of carbonyl (C=O) groups is 4. The molecule has 3 unspecified atom stereocenters. The molecule has 0 saturated heterocycles. The first-order valence-corrected chi connectivity index (χ1v) is 21.3. The van der Waals surface area contributed by atoms with Crippen molar-refractivity contribution >= 4 is 23.9 Å². The van der Waals surface area contributed by atoms with Gasteiger partial charge in [0.1, 0.15) is 17.9 Å². The lowest BCUT2D eigenvalue weighted by molar-refractivity contribution is -0.146. The lowest BCUT2D eigenvalue weighted by Gasteiger charge is -2.54. The van der Waals surface area contributed by atoms with Crippen LogP contribution in [-0.2, 0) is 28.6 Å². The molecule has 7 aliphatic carbocycles. The van der Waals surface area contributed by atoms with Gasteiger partial charge in [0.25, 0.3) is 0 Å². The monoisotopic (exact) mass is 810 g/mol. The first-order chi connectivity index (χ1) is 28.6. The van der Waals surface area contributed by atoms with Gasteiger partial charge < -0.3 is 24.4 Å². The van der Waals surface area contributed by atoms with Crippen molar-refractivity contribution in [2.45, 2.75) is 113 Å². The number of ether oxygens (including phenoxy) is 3. The van der Waals surface area contributed by atoms with Crippen LogP contribution in [0.5, 0.6) is 0 Å². The number of rotatable bonds is 13. The Balaban J connectivity index is 0.000000146. The van der Waals surface area contributed by atoms with E-state index >= 15 is 0 Å². The van der Waals surface area contributed by atoms with Gasteiger partial charge in [-0.1, -0.05) is 72.8 Å². The van der Waals surface area contributed by atoms with Gasteiger partial charge >= 0.3 is 23.9 Å². The molecule has 0 aromatic heterocycles. The topological polar surface area (TPSA) is 135 Å². The summed E-state index contributed by atoms with van der Waals surface area (Å²) in [5, 5.41) is 9.82. The third-order valence-electron chi connectivity index (χ3n) is 12.7. The predicted octanol–water partition coefficient (Wildman–Crippen LogP) is 7.34. The van der Waals surface area contributed by atoms with Crippen molar-refractivity contribution in [1.29, 1.82) is 0 Å². The Morgan fingerprint density at radius 1 is 0.593 bits per heavy atom. The highest BCUT2D eigenvalue weighted by Crippen LogP contribution is 2.54. The zero-order valence-electron chi connectivity index (χ0n) is 34.4. The average Bonchev–Trinajstić information content (AvgIpc) is 4.10. The standard InChI is InChI=1S/C23H30N2O3.C12H14FNO2.C12H15NO2/c1-28-22(26)21(16-5-3-2-4-6-16)25(19-7-8-19)23(27)24-20-17-10-14-9-15(12-17)13-18(20)11-14;1-16-12(15)11(14-10-5-6-10)8-3-2-4-9(13)7-8;1-15-12(14)11(13-10-7-8-10)9-5-3-2-4-6-9/h2-6,14-15,17-21H,7-13H2,1H3,(H,24,27);2-4,7,10-11,14H,5-6H2,1H3;2-6,10-11,13H,7-8H2,1H3. The number of esters is 3. The number of hydrogen-bond donors (Lipinski definition) is 3. The molecule has 4 bridgehead atoms. The number of amides is 2. The van der Waals surface area contributed by atoms with Gasteiger partial charge in [-0.15, -0.1) is 0 Å². The highest BCUT2D eigenvalue weighted by molar-refractivity contribution is 5.85. The van der Waals surface area contributed by atoms with Crippen molar-refractivity contribution < 1.29 is 37.8 Å². The van der Waals surface area contributed by atoms with Crippen LogP contribution in [0.15, 0.2) is 84.9 Å². The van der Waals surface area contributed by atoms with Crippen molar-refractivity contribution in [3.8, 4) is 0 Å². The average molecular weight is 811 g/mol. The third kappa shape index (κ3) is 11.1. The Bertz CT molecular complexity index is 1860. The summed E-state index contributed by atoms with van der Waals surface area (Å²) in [4.78, 5) is 51.1. The SMILES string of the molecule is COC(=O)C(NC1CC1)c1cccc(F)c1.COC(=O)C(NC1CC1)c1ccccc1.COC(=O)C(c1ccccc1)N(C(=O)NC1C2CC3CC(C2)CC1C3)C1CC1. The van der Waals surface area contributed by atoms with Gasteiger partial charge in [0.05, 0.1) is 21.3 Å². The van der Waals surface area contributed by atoms with Gasteiger partial charge in [0.2, 0.25) is 0 Å². The van der Waals surface area contributed by atoms with Crippen molar-refractivity contribution in [2.24, 2.45) is 23.7 Å². The summed E-state index contributed by atoms with van der Waals surface area (Å²) in [6.45, 7) is 0. The molecule has 10 rings (SSSR count). The maximum absolute atomic E-state index is 13.5. The number of methoxy groups -OCH3 is 3. The van der Waals surface area contributed by atoms with Gasteiger partial charge in [-0.2, -0.15) is 0 Å².